The van der Waals surface area contributed by atoms with Crippen molar-refractivity contribution in [3.8, 4) is 11.5 Å². The lowest BCUT2D eigenvalue weighted by molar-refractivity contribution is 0.211. The van der Waals surface area contributed by atoms with E-state index in [4.69, 9.17) is 19.5 Å². The van der Waals surface area contributed by atoms with Crippen molar-refractivity contribution in [2.24, 2.45) is 9.98 Å². The van der Waals surface area contributed by atoms with E-state index in [1.54, 1.807) is 0 Å². The number of aromatic amines is 3. The quantitative estimate of drug-likeness (QED) is 0.0934. The van der Waals surface area contributed by atoms with Crippen LogP contribution in [0.3, 0.4) is 0 Å². The van der Waals surface area contributed by atoms with Gasteiger partial charge in [-0.2, -0.15) is 0 Å². The first-order valence-electron chi connectivity index (χ1n) is 17.2. The van der Waals surface area contributed by atoms with Gasteiger partial charge in [0.25, 0.3) is 0 Å². The summed E-state index contributed by atoms with van der Waals surface area (Å²) < 4.78 is 12.1. The lowest BCUT2D eigenvalue weighted by atomic mass is 9.98. The number of aromatic nitrogens is 3. The number of H-pyrrole nitrogens is 3. The fourth-order valence-corrected chi connectivity index (χ4v) is 6.90. The van der Waals surface area contributed by atoms with Crippen molar-refractivity contribution in [2.45, 2.75) is 92.9 Å². The standard InChI is InChI=1S/C38H51N5O4/c1-7-25-23(5)35-21-39-33-19-37(46-15-11-13-44)38(47-16-12-14-45)20-34(33)40-22-36-24(6)26(8-2)30(43-36)18-32-28(10-4)27(9-3)31(41-32)17-29(25)42-35/h19-22,41-45H,7-18H2,1-6H3. The van der Waals surface area contributed by atoms with Crippen LogP contribution in [-0.2, 0) is 38.5 Å². The van der Waals surface area contributed by atoms with E-state index in [-0.39, 0.29) is 13.2 Å². The first-order chi connectivity index (χ1) is 22.9. The molecule has 0 radical (unpaired) electrons. The Hall–Kier alpha value is -4.08. The Labute approximate surface area is 278 Å². The molecule has 252 valence electrons. The van der Waals surface area contributed by atoms with Crippen LogP contribution < -0.4 is 9.47 Å². The molecule has 0 saturated carbocycles. The predicted molar refractivity (Wildman–Crippen MR) is 190 cm³/mol. The molecule has 6 bridgehead atoms. The van der Waals surface area contributed by atoms with Crippen LogP contribution in [0.15, 0.2) is 22.1 Å². The van der Waals surface area contributed by atoms with E-state index in [0.29, 0.717) is 48.9 Å². The highest BCUT2D eigenvalue weighted by atomic mass is 16.5. The van der Waals surface area contributed by atoms with E-state index in [2.05, 4.69) is 56.5 Å². The molecule has 1 aromatic carbocycles. The van der Waals surface area contributed by atoms with Crippen molar-refractivity contribution in [1.82, 2.24) is 15.0 Å². The zero-order valence-electron chi connectivity index (χ0n) is 28.9. The van der Waals surface area contributed by atoms with E-state index in [9.17, 15) is 10.2 Å². The molecular formula is C38H51N5O4. The third-order valence-electron chi connectivity index (χ3n) is 9.36. The van der Waals surface area contributed by atoms with Gasteiger partial charge in [0.2, 0.25) is 0 Å². The van der Waals surface area contributed by atoms with E-state index < -0.39 is 0 Å². The molecule has 0 unspecified atom stereocenters. The summed E-state index contributed by atoms with van der Waals surface area (Å²) in [5.74, 6) is 1.05. The maximum absolute atomic E-state index is 9.36. The van der Waals surface area contributed by atoms with Gasteiger partial charge in [0.05, 0.1) is 48.4 Å². The number of aliphatic hydroxyl groups excluding tert-OH is 2. The van der Waals surface area contributed by atoms with Gasteiger partial charge in [-0.25, -0.2) is 0 Å². The van der Waals surface area contributed by atoms with Gasteiger partial charge in [0.1, 0.15) is 0 Å². The summed E-state index contributed by atoms with van der Waals surface area (Å²) in [4.78, 5) is 21.3. The zero-order valence-corrected chi connectivity index (χ0v) is 28.9. The highest BCUT2D eigenvalue weighted by molar-refractivity contribution is 5.88. The predicted octanol–water partition coefficient (Wildman–Crippen LogP) is 7.06. The monoisotopic (exact) mass is 641 g/mol. The van der Waals surface area contributed by atoms with E-state index >= 15 is 0 Å². The minimum absolute atomic E-state index is 0.0305. The van der Waals surface area contributed by atoms with E-state index in [0.717, 1.165) is 49.9 Å². The van der Waals surface area contributed by atoms with Crippen LogP contribution in [0.5, 0.6) is 11.5 Å². The summed E-state index contributed by atoms with van der Waals surface area (Å²) in [5, 5.41) is 18.7. The topological polar surface area (TPSA) is 131 Å². The Kier molecular flexibility index (Phi) is 11.4. The number of fused-ring (bicyclic) bond motifs is 7. The minimum atomic E-state index is 0.0305. The summed E-state index contributed by atoms with van der Waals surface area (Å²) in [7, 11) is 0. The fourth-order valence-electron chi connectivity index (χ4n) is 6.90. The number of hydrogen-bond donors (Lipinski definition) is 5. The lowest BCUT2D eigenvalue weighted by Crippen LogP contribution is -2.04. The number of ether oxygens (including phenoxy) is 2. The number of aliphatic imine (C=N–C) groups is 2. The van der Waals surface area contributed by atoms with Crippen molar-refractivity contribution in [3.63, 3.8) is 0 Å². The van der Waals surface area contributed by atoms with Crippen LogP contribution in [0, 0.1) is 13.8 Å². The number of hydrogen-bond acceptors (Lipinski definition) is 6. The molecule has 3 aromatic heterocycles. The normalized spacial score (nSPS) is 12.8. The van der Waals surface area contributed by atoms with Crippen molar-refractivity contribution < 1.29 is 19.7 Å². The summed E-state index contributed by atoms with van der Waals surface area (Å²) >= 11 is 0. The van der Waals surface area contributed by atoms with Crippen LogP contribution in [0.1, 0.15) is 108 Å². The third-order valence-corrected chi connectivity index (χ3v) is 9.36. The van der Waals surface area contributed by atoms with Gasteiger partial charge in [-0.3, -0.25) is 9.98 Å². The molecule has 0 spiro atoms. The summed E-state index contributed by atoms with van der Waals surface area (Å²) in [6.07, 6.45) is 10.2. The molecule has 9 heteroatoms. The minimum Gasteiger partial charge on any atom is -0.490 e. The SMILES string of the molecule is CCc1c2[nH]c(c1C)C=Nc1cc(OCCCO)c(OCCCO)cc1N=Cc1[nH]c(c(CC)c1C)Cc1[nH]c(c(CC)c1CC)C2. The molecule has 0 aliphatic carbocycles. The second kappa shape index (κ2) is 15.7. The van der Waals surface area contributed by atoms with Gasteiger partial charge < -0.3 is 34.6 Å². The summed E-state index contributed by atoms with van der Waals surface area (Å²) in [6, 6.07) is 3.71. The van der Waals surface area contributed by atoms with Gasteiger partial charge in [-0.05, 0) is 72.9 Å². The van der Waals surface area contributed by atoms with Crippen molar-refractivity contribution in [2.75, 3.05) is 26.4 Å². The summed E-state index contributed by atoms with van der Waals surface area (Å²) in [6.45, 7) is 14.0. The molecule has 9 nitrogen and oxygen atoms in total. The van der Waals surface area contributed by atoms with Crippen LogP contribution in [0.2, 0.25) is 0 Å². The average Bonchev–Trinajstić information content (AvgIpc) is 3.67. The second-order valence-electron chi connectivity index (χ2n) is 12.2. The average molecular weight is 642 g/mol. The lowest BCUT2D eigenvalue weighted by Gasteiger charge is -2.14. The van der Waals surface area contributed by atoms with E-state index in [1.165, 1.54) is 56.2 Å². The van der Waals surface area contributed by atoms with Gasteiger partial charge in [-0.1, -0.05) is 27.7 Å². The van der Waals surface area contributed by atoms with Crippen LogP contribution in [-0.4, -0.2) is 64.0 Å². The number of rotatable bonds is 12. The number of nitrogens with one attached hydrogen (secondary N) is 3. The van der Waals surface area contributed by atoms with Gasteiger partial charge in [0, 0.05) is 73.8 Å². The highest BCUT2D eigenvalue weighted by Gasteiger charge is 2.22. The third kappa shape index (κ3) is 7.26. The molecule has 1 aliphatic heterocycles. The molecule has 1 aliphatic rings. The Morgan fingerprint density at radius 3 is 1.34 bits per heavy atom. The Bertz CT molecular complexity index is 1620. The fraction of sp³-hybridized carbons (Fsp3) is 0.474. The van der Waals surface area contributed by atoms with E-state index in [1.807, 2.05) is 24.6 Å². The van der Waals surface area contributed by atoms with Gasteiger partial charge in [-0.15, -0.1) is 0 Å². The second-order valence-corrected chi connectivity index (χ2v) is 12.2. The molecular weight excluding hydrogens is 590 g/mol. The molecule has 5 N–H and O–H groups in total. The smallest absolute Gasteiger partial charge is 0.163 e. The molecule has 47 heavy (non-hydrogen) atoms. The zero-order chi connectivity index (χ0) is 33.5. The number of nitrogens with zero attached hydrogens (tertiary/aromatic N) is 2. The molecule has 0 fully saturated rings. The maximum atomic E-state index is 9.36. The first kappa shape index (κ1) is 34.3. The van der Waals surface area contributed by atoms with Crippen molar-refractivity contribution in [3.05, 3.63) is 79.7 Å². The van der Waals surface area contributed by atoms with Gasteiger partial charge >= 0.3 is 0 Å². The molecule has 5 rings (SSSR count). The largest absolute Gasteiger partial charge is 0.490 e. The van der Waals surface area contributed by atoms with Crippen molar-refractivity contribution in [1.29, 1.82) is 0 Å². The summed E-state index contributed by atoms with van der Waals surface area (Å²) in [5.41, 5.74) is 16.1. The van der Waals surface area contributed by atoms with Crippen LogP contribution >= 0.6 is 0 Å². The molecule has 4 heterocycles. The molecule has 0 saturated heterocycles. The first-order valence-corrected chi connectivity index (χ1v) is 17.2. The Balaban J connectivity index is 1.71. The Morgan fingerprint density at radius 2 is 0.979 bits per heavy atom. The van der Waals surface area contributed by atoms with Crippen molar-refractivity contribution >= 4 is 23.8 Å². The maximum Gasteiger partial charge on any atom is 0.163 e. The van der Waals surface area contributed by atoms with Gasteiger partial charge in [0.15, 0.2) is 11.5 Å². The molecule has 0 amide bonds. The molecule has 0 atom stereocenters. The highest BCUT2D eigenvalue weighted by Crippen LogP contribution is 2.41. The number of aliphatic hydroxyl groups is 2. The number of benzene rings is 1. The Morgan fingerprint density at radius 1 is 0.596 bits per heavy atom. The van der Waals surface area contributed by atoms with Crippen LogP contribution in [0.25, 0.3) is 0 Å². The molecule has 4 aromatic rings. The van der Waals surface area contributed by atoms with Crippen LogP contribution in [0.4, 0.5) is 11.4 Å².